The van der Waals surface area contributed by atoms with E-state index < -0.39 is 15.8 Å². The maximum atomic E-state index is 13.3. The Labute approximate surface area is 175 Å². The average molecular weight is 437 g/mol. The van der Waals surface area contributed by atoms with Gasteiger partial charge in [-0.2, -0.15) is 5.26 Å². The third-order valence-electron chi connectivity index (χ3n) is 5.02. The lowest BCUT2D eigenvalue weighted by Crippen LogP contribution is -2.53. The molecular weight excluding hydrogens is 415 g/mol. The van der Waals surface area contributed by atoms with Crippen LogP contribution in [-0.4, -0.2) is 52.1 Å². The largest absolute Gasteiger partial charge is 0.368 e. The molecule has 154 valence electrons. The second kappa shape index (κ2) is 9.09. The normalized spacial score (nSPS) is 17.9. The molecule has 0 aromatic heterocycles. The number of hydrogen-bond acceptors (Lipinski definition) is 5. The molecule has 9 heteroatoms. The summed E-state index contributed by atoms with van der Waals surface area (Å²) in [6.45, 7) is 5.11. The van der Waals surface area contributed by atoms with Gasteiger partial charge in [0.2, 0.25) is 10.0 Å². The minimum Gasteiger partial charge on any atom is -0.368 e. The zero-order valence-corrected chi connectivity index (χ0v) is 17.5. The molecule has 2 aromatic carbocycles. The van der Waals surface area contributed by atoms with Gasteiger partial charge >= 0.3 is 0 Å². The predicted molar refractivity (Wildman–Crippen MR) is 111 cm³/mol. The van der Waals surface area contributed by atoms with Gasteiger partial charge in [-0.1, -0.05) is 23.7 Å². The highest BCUT2D eigenvalue weighted by Crippen LogP contribution is 2.23. The summed E-state index contributed by atoms with van der Waals surface area (Å²) in [5.74, 6) is -0.657. The van der Waals surface area contributed by atoms with Crippen molar-refractivity contribution in [3.05, 3.63) is 58.9 Å². The lowest BCUT2D eigenvalue weighted by Gasteiger charge is -2.41. The maximum absolute atomic E-state index is 13.3. The number of anilines is 1. The van der Waals surface area contributed by atoms with Crippen LogP contribution in [-0.2, 0) is 10.0 Å². The highest BCUT2D eigenvalue weighted by molar-refractivity contribution is 7.89. The number of rotatable bonds is 6. The minimum atomic E-state index is -3.75. The van der Waals surface area contributed by atoms with Crippen LogP contribution in [0.25, 0.3) is 0 Å². The van der Waals surface area contributed by atoms with Crippen molar-refractivity contribution >= 4 is 27.3 Å². The fourth-order valence-corrected chi connectivity index (χ4v) is 4.73. The SMILES string of the molecule is CC1CN(c2ccccc2C#N)CCN1CCNS(=O)(=O)c1ccc(F)c(Cl)c1. The Bertz CT molecular complexity index is 1030. The predicted octanol–water partition coefficient (Wildman–Crippen LogP) is 2.84. The first-order valence-electron chi connectivity index (χ1n) is 9.24. The zero-order chi connectivity index (χ0) is 21.0. The standard InChI is InChI=1S/C20H22ClFN4O2S/c1-15-14-26(20-5-3-2-4-16(20)13-23)11-10-25(15)9-8-24-29(27,28)17-6-7-19(22)18(21)12-17/h2-7,12,15,24H,8-11,14H2,1H3. The summed E-state index contributed by atoms with van der Waals surface area (Å²) in [5, 5.41) is 9.08. The Morgan fingerprint density at radius 3 is 2.72 bits per heavy atom. The van der Waals surface area contributed by atoms with Crippen molar-refractivity contribution in [3.63, 3.8) is 0 Å². The molecule has 0 aliphatic carbocycles. The van der Waals surface area contributed by atoms with Gasteiger partial charge in [-0.05, 0) is 37.3 Å². The van der Waals surface area contributed by atoms with Gasteiger partial charge in [0.25, 0.3) is 0 Å². The second-order valence-electron chi connectivity index (χ2n) is 6.93. The fraction of sp³-hybridized carbons (Fsp3) is 0.350. The van der Waals surface area contributed by atoms with Crippen LogP contribution in [0.3, 0.4) is 0 Å². The molecule has 1 heterocycles. The minimum absolute atomic E-state index is 0.0603. The third-order valence-corrected chi connectivity index (χ3v) is 6.77. The van der Waals surface area contributed by atoms with Gasteiger partial charge in [-0.15, -0.1) is 0 Å². The molecule has 6 nitrogen and oxygen atoms in total. The molecule has 0 spiro atoms. The summed E-state index contributed by atoms with van der Waals surface area (Å²) in [6.07, 6.45) is 0. The monoisotopic (exact) mass is 436 g/mol. The molecule has 1 aliphatic rings. The van der Waals surface area contributed by atoms with Crippen LogP contribution in [0, 0.1) is 17.1 Å². The van der Waals surface area contributed by atoms with Gasteiger partial charge in [0.05, 0.1) is 21.2 Å². The molecular formula is C20H22ClFN4O2S. The Kier molecular flexibility index (Phi) is 6.75. The third kappa shape index (κ3) is 5.06. The van der Waals surface area contributed by atoms with Gasteiger partial charge in [0, 0.05) is 38.8 Å². The number of nitrogens with zero attached hydrogens (tertiary/aromatic N) is 3. The van der Waals surface area contributed by atoms with Crippen molar-refractivity contribution in [1.29, 1.82) is 5.26 Å². The van der Waals surface area contributed by atoms with Crippen LogP contribution in [0.1, 0.15) is 12.5 Å². The van der Waals surface area contributed by atoms with E-state index in [0.717, 1.165) is 37.5 Å². The van der Waals surface area contributed by atoms with Crippen LogP contribution < -0.4 is 9.62 Å². The van der Waals surface area contributed by atoms with E-state index in [1.54, 1.807) is 0 Å². The summed E-state index contributed by atoms with van der Waals surface area (Å²) in [5.41, 5.74) is 1.58. The summed E-state index contributed by atoms with van der Waals surface area (Å²) >= 11 is 5.68. The molecule has 1 saturated heterocycles. The average Bonchev–Trinajstić information content (AvgIpc) is 2.71. The lowest BCUT2D eigenvalue weighted by atomic mass is 10.1. The topological polar surface area (TPSA) is 76.4 Å². The van der Waals surface area contributed by atoms with Crippen molar-refractivity contribution in [3.8, 4) is 6.07 Å². The molecule has 0 radical (unpaired) electrons. The highest BCUT2D eigenvalue weighted by Gasteiger charge is 2.25. The molecule has 2 aromatic rings. The van der Waals surface area contributed by atoms with E-state index in [1.165, 1.54) is 6.07 Å². The first-order chi connectivity index (χ1) is 13.8. The van der Waals surface area contributed by atoms with Gasteiger partial charge in [0.1, 0.15) is 11.9 Å². The van der Waals surface area contributed by atoms with E-state index in [-0.39, 0.29) is 22.5 Å². The highest BCUT2D eigenvalue weighted by atomic mass is 35.5. The Balaban J connectivity index is 1.56. The maximum Gasteiger partial charge on any atom is 0.240 e. The van der Waals surface area contributed by atoms with Crippen molar-refractivity contribution < 1.29 is 12.8 Å². The molecule has 1 fully saturated rings. The number of para-hydroxylation sites is 1. The molecule has 0 bridgehead atoms. The van der Waals surface area contributed by atoms with Gasteiger partial charge in [0.15, 0.2) is 0 Å². The summed E-state index contributed by atoms with van der Waals surface area (Å²) in [6, 6.07) is 13.3. The van der Waals surface area contributed by atoms with Gasteiger partial charge < -0.3 is 4.90 Å². The summed E-state index contributed by atoms with van der Waals surface area (Å²) < 4.78 is 40.5. The smallest absolute Gasteiger partial charge is 0.240 e. The molecule has 1 unspecified atom stereocenters. The molecule has 3 rings (SSSR count). The van der Waals surface area contributed by atoms with Crippen molar-refractivity contribution in [1.82, 2.24) is 9.62 Å². The molecule has 1 aliphatic heterocycles. The lowest BCUT2D eigenvalue weighted by molar-refractivity contribution is 0.193. The molecule has 0 saturated carbocycles. The molecule has 1 atom stereocenters. The van der Waals surface area contributed by atoms with E-state index in [9.17, 15) is 18.1 Å². The van der Waals surface area contributed by atoms with E-state index in [0.29, 0.717) is 12.1 Å². The van der Waals surface area contributed by atoms with Gasteiger partial charge in [-0.3, -0.25) is 4.90 Å². The van der Waals surface area contributed by atoms with Crippen LogP contribution in [0.15, 0.2) is 47.4 Å². The van der Waals surface area contributed by atoms with Crippen LogP contribution >= 0.6 is 11.6 Å². The van der Waals surface area contributed by atoms with E-state index >= 15 is 0 Å². The van der Waals surface area contributed by atoms with Crippen molar-refractivity contribution in [2.45, 2.75) is 17.9 Å². The Morgan fingerprint density at radius 1 is 1.28 bits per heavy atom. The number of benzene rings is 2. The quantitative estimate of drug-likeness (QED) is 0.753. The number of hydrogen-bond donors (Lipinski definition) is 1. The second-order valence-corrected chi connectivity index (χ2v) is 9.11. The first-order valence-corrected chi connectivity index (χ1v) is 11.1. The van der Waals surface area contributed by atoms with Crippen LogP contribution in [0.4, 0.5) is 10.1 Å². The van der Waals surface area contributed by atoms with Crippen LogP contribution in [0.2, 0.25) is 5.02 Å². The van der Waals surface area contributed by atoms with E-state index in [4.69, 9.17) is 11.6 Å². The van der Waals surface area contributed by atoms with Crippen molar-refractivity contribution in [2.75, 3.05) is 37.6 Å². The number of sulfonamides is 1. The van der Waals surface area contributed by atoms with E-state index in [2.05, 4.69) is 27.5 Å². The van der Waals surface area contributed by atoms with Gasteiger partial charge in [-0.25, -0.2) is 17.5 Å². The van der Waals surface area contributed by atoms with E-state index in [1.807, 2.05) is 24.3 Å². The summed E-state index contributed by atoms with van der Waals surface area (Å²) in [7, 11) is -3.75. The molecule has 29 heavy (non-hydrogen) atoms. The number of nitriles is 1. The molecule has 1 N–H and O–H groups in total. The molecule has 0 amide bonds. The Morgan fingerprint density at radius 2 is 2.03 bits per heavy atom. The zero-order valence-electron chi connectivity index (χ0n) is 16.0. The first kappa shape index (κ1) is 21.5. The Hall–Kier alpha value is -2.18. The summed E-state index contributed by atoms with van der Waals surface area (Å²) in [4.78, 5) is 4.32. The van der Waals surface area contributed by atoms with Crippen LogP contribution in [0.5, 0.6) is 0 Å². The number of piperazine rings is 1. The number of nitrogens with one attached hydrogen (secondary N) is 1. The number of halogens is 2. The van der Waals surface area contributed by atoms with Crippen molar-refractivity contribution in [2.24, 2.45) is 0 Å². The fourth-order valence-electron chi connectivity index (χ4n) is 3.44.